The van der Waals surface area contributed by atoms with Crippen molar-refractivity contribution in [2.75, 3.05) is 40.5 Å². The van der Waals surface area contributed by atoms with Crippen molar-refractivity contribution in [3.63, 3.8) is 0 Å². The molecule has 0 bridgehead atoms. The molecule has 2 fully saturated rings. The van der Waals surface area contributed by atoms with E-state index >= 15 is 0 Å². The van der Waals surface area contributed by atoms with Crippen LogP contribution in [-0.2, 0) is 16.0 Å². The van der Waals surface area contributed by atoms with Crippen LogP contribution in [0.25, 0.3) is 0 Å². The molecule has 1 N–H and O–H groups in total. The molecule has 3 rings (SSSR count). The Hall–Kier alpha value is -1.13. The van der Waals surface area contributed by atoms with Gasteiger partial charge in [0.25, 0.3) is 0 Å². The van der Waals surface area contributed by atoms with Crippen LogP contribution in [0.2, 0.25) is 0 Å². The number of nitrogens with one attached hydrogen (secondary N) is 1. The van der Waals surface area contributed by atoms with Crippen LogP contribution >= 0.6 is 24.0 Å². The summed E-state index contributed by atoms with van der Waals surface area (Å²) >= 11 is 0. The standard InChI is InChI=1S/C20H32N4O3.HI/c1-21-20(22-14-16-6-5-8-19(23-16)25-2)24-11-9-17(10-12-24)27-15-18-7-3-4-13-26-18;/h5-6,8,17-18H,3-4,7,9-15H2,1-2H3,(H,21,22);1H. The molecule has 2 saturated heterocycles. The van der Waals surface area contributed by atoms with Gasteiger partial charge in [-0.3, -0.25) is 4.99 Å². The van der Waals surface area contributed by atoms with E-state index in [0.29, 0.717) is 24.6 Å². The third kappa shape index (κ3) is 7.04. The van der Waals surface area contributed by atoms with E-state index in [1.54, 1.807) is 7.11 Å². The molecule has 0 saturated carbocycles. The van der Waals surface area contributed by atoms with Crippen molar-refractivity contribution in [1.29, 1.82) is 0 Å². The molecule has 158 valence electrons. The minimum Gasteiger partial charge on any atom is -0.481 e. The summed E-state index contributed by atoms with van der Waals surface area (Å²) < 4.78 is 17.0. The van der Waals surface area contributed by atoms with Crippen LogP contribution in [0, 0.1) is 0 Å². The molecule has 8 heteroatoms. The van der Waals surface area contributed by atoms with Gasteiger partial charge >= 0.3 is 0 Å². The predicted octanol–water partition coefficient (Wildman–Crippen LogP) is 2.83. The maximum atomic E-state index is 6.10. The van der Waals surface area contributed by atoms with Gasteiger partial charge in [0.05, 0.1) is 38.2 Å². The van der Waals surface area contributed by atoms with Gasteiger partial charge in [-0.1, -0.05) is 6.07 Å². The van der Waals surface area contributed by atoms with E-state index in [2.05, 4.69) is 20.2 Å². The highest BCUT2D eigenvalue weighted by Gasteiger charge is 2.23. The Morgan fingerprint density at radius 1 is 1.29 bits per heavy atom. The van der Waals surface area contributed by atoms with E-state index in [1.165, 1.54) is 12.8 Å². The summed E-state index contributed by atoms with van der Waals surface area (Å²) in [4.78, 5) is 11.1. The molecule has 2 aliphatic heterocycles. The van der Waals surface area contributed by atoms with Gasteiger partial charge < -0.3 is 24.4 Å². The summed E-state index contributed by atoms with van der Waals surface area (Å²) in [5.41, 5.74) is 0.932. The number of halogens is 1. The lowest BCUT2D eigenvalue weighted by Gasteiger charge is -2.35. The SMILES string of the molecule is CN=C(NCc1cccc(OC)n1)N1CCC(OCC2CCCCO2)CC1.I. The Labute approximate surface area is 185 Å². The van der Waals surface area contributed by atoms with Crippen LogP contribution in [-0.4, -0.2) is 68.5 Å². The van der Waals surface area contributed by atoms with Crippen molar-refractivity contribution >= 4 is 29.9 Å². The minimum atomic E-state index is 0. The lowest BCUT2D eigenvalue weighted by atomic mass is 10.1. The summed E-state index contributed by atoms with van der Waals surface area (Å²) in [6, 6.07) is 5.78. The molecule has 2 aliphatic rings. The van der Waals surface area contributed by atoms with Gasteiger partial charge in [0.2, 0.25) is 5.88 Å². The third-order valence-electron chi connectivity index (χ3n) is 5.16. The number of nitrogens with zero attached hydrogens (tertiary/aromatic N) is 3. The number of pyridine rings is 1. The van der Waals surface area contributed by atoms with Gasteiger partial charge in [-0.05, 0) is 38.2 Å². The molecule has 3 heterocycles. The van der Waals surface area contributed by atoms with Crippen LogP contribution in [0.3, 0.4) is 0 Å². The van der Waals surface area contributed by atoms with Crippen molar-refractivity contribution in [1.82, 2.24) is 15.2 Å². The Morgan fingerprint density at radius 3 is 2.79 bits per heavy atom. The summed E-state index contributed by atoms with van der Waals surface area (Å²) in [5, 5.41) is 3.40. The molecular formula is C20H33IN4O3. The smallest absolute Gasteiger partial charge is 0.213 e. The highest BCUT2D eigenvalue weighted by Crippen LogP contribution is 2.18. The molecule has 0 aromatic carbocycles. The molecule has 0 aliphatic carbocycles. The first kappa shape index (κ1) is 23.2. The maximum absolute atomic E-state index is 6.10. The summed E-state index contributed by atoms with van der Waals surface area (Å²) in [5.74, 6) is 1.54. The molecule has 1 atom stereocenters. The summed E-state index contributed by atoms with van der Waals surface area (Å²) in [7, 11) is 3.45. The molecule has 1 aromatic rings. The molecule has 0 amide bonds. The number of likely N-dealkylation sites (tertiary alicyclic amines) is 1. The van der Waals surface area contributed by atoms with Crippen molar-refractivity contribution < 1.29 is 14.2 Å². The number of hydrogen-bond donors (Lipinski definition) is 1. The second-order valence-electron chi connectivity index (χ2n) is 7.08. The number of aliphatic imine (C=N–C) groups is 1. The van der Waals surface area contributed by atoms with Crippen LogP contribution in [0.5, 0.6) is 5.88 Å². The molecule has 0 radical (unpaired) electrons. The fourth-order valence-corrected chi connectivity index (χ4v) is 3.59. The van der Waals surface area contributed by atoms with Gasteiger partial charge in [-0.15, -0.1) is 24.0 Å². The number of aromatic nitrogens is 1. The van der Waals surface area contributed by atoms with Gasteiger partial charge in [0.15, 0.2) is 5.96 Å². The minimum absolute atomic E-state index is 0. The number of ether oxygens (including phenoxy) is 3. The lowest BCUT2D eigenvalue weighted by Crippen LogP contribution is -2.47. The van der Waals surface area contributed by atoms with E-state index in [9.17, 15) is 0 Å². The second-order valence-corrected chi connectivity index (χ2v) is 7.08. The normalized spacial score (nSPS) is 21.1. The quantitative estimate of drug-likeness (QED) is 0.365. The van der Waals surface area contributed by atoms with E-state index in [1.807, 2.05) is 25.2 Å². The topological polar surface area (TPSA) is 68.2 Å². The summed E-state index contributed by atoms with van der Waals surface area (Å²) in [6.07, 6.45) is 6.23. The average Bonchev–Trinajstić information content (AvgIpc) is 2.74. The van der Waals surface area contributed by atoms with Crippen molar-refractivity contribution in [3.8, 4) is 5.88 Å². The fourth-order valence-electron chi connectivity index (χ4n) is 3.59. The van der Waals surface area contributed by atoms with E-state index in [0.717, 1.165) is 57.2 Å². The van der Waals surface area contributed by atoms with Gasteiger partial charge in [0.1, 0.15) is 0 Å². The molecule has 1 aromatic heterocycles. The predicted molar refractivity (Wildman–Crippen MR) is 121 cm³/mol. The van der Waals surface area contributed by atoms with E-state index < -0.39 is 0 Å². The number of methoxy groups -OCH3 is 1. The number of piperidine rings is 1. The Bertz CT molecular complexity index is 603. The van der Waals surface area contributed by atoms with Crippen LogP contribution in [0.4, 0.5) is 0 Å². The molecule has 28 heavy (non-hydrogen) atoms. The zero-order valence-electron chi connectivity index (χ0n) is 16.9. The highest BCUT2D eigenvalue weighted by molar-refractivity contribution is 14.0. The van der Waals surface area contributed by atoms with Crippen LogP contribution < -0.4 is 10.1 Å². The summed E-state index contributed by atoms with van der Waals surface area (Å²) in [6.45, 7) is 4.14. The number of hydrogen-bond acceptors (Lipinski definition) is 5. The number of rotatable bonds is 6. The number of guanidine groups is 1. The molecular weight excluding hydrogens is 471 g/mol. The first-order chi connectivity index (χ1) is 13.3. The largest absolute Gasteiger partial charge is 0.481 e. The average molecular weight is 504 g/mol. The van der Waals surface area contributed by atoms with E-state index in [4.69, 9.17) is 14.2 Å². The first-order valence-electron chi connectivity index (χ1n) is 9.97. The van der Waals surface area contributed by atoms with Gasteiger partial charge in [0, 0.05) is 32.8 Å². The van der Waals surface area contributed by atoms with Crippen molar-refractivity contribution in [3.05, 3.63) is 23.9 Å². The second kappa shape index (κ2) is 12.4. The highest BCUT2D eigenvalue weighted by atomic mass is 127. The van der Waals surface area contributed by atoms with Gasteiger partial charge in [-0.2, -0.15) is 0 Å². The Balaban J connectivity index is 0.00000280. The zero-order valence-corrected chi connectivity index (χ0v) is 19.3. The maximum Gasteiger partial charge on any atom is 0.213 e. The Morgan fingerprint density at radius 2 is 2.11 bits per heavy atom. The van der Waals surface area contributed by atoms with Crippen LogP contribution in [0.15, 0.2) is 23.2 Å². The Kier molecular flexibility index (Phi) is 10.3. The molecule has 0 spiro atoms. The van der Waals surface area contributed by atoms with Crippen molar-refractivity contribution in [2.45, 2.75) is 50.9 Å². The van der Waals surface area contributed by atoms with Crippen molar-refractivity contribution in [2.24, 2.45) is 4.99 Å². The molecule has 7 nitrogen and oxygen atoms in total. The van der Waals surface area contributed by atoms with Gasteiger partial charge in [-0.25, -0.2) is 4.98 Å². The lowest BCUT2D eigenvalue weighted by molar-refractivity contribution is -0.0721. The third-order valence-corrected chi connectivity index (χ3v) is 5.16. The fraction of sp³-hybridized carbons (Fsp3) is 0.700. The monoisotopic (exact) mass is 504 g/mol. The van der Waals surface area contributed by atoms with Crippen LogP contribution in [0.1, 0.15) is 37.8 Å². The molecule has 1 unspecified atom stereocenters. The first-order valence-corrected chi connectivity index (χ1v) is 9.97. The van der Waals surface area contributed by atoms with E-state index in [-0.39, 0.29) is 24.0 Å². The zero-order chi connectivity index (χ0) is 18.9.